The summed E-state index contributed by atoms with van der Waals surface area (Å²) in [5.74, 6) is -0.199. The largest absolute Gasteiger partial charge is 0.354 e. The molecule has 2 heterocycles. The lowest BCUT2D eigenvalue weighted by Gasteiger charge is -2.03. The molecular weight excluding hydrogens is 235 g/mol. The van der Waals surface area contributed by atoms with E-state index in [1.807, 2.05) is 17.5 Å². The topological polar surface area (TPSA) is 24.9 Å². The maximum absolute atomic E-state index is 13.1. The van der Waals surface area contributed by atoms with Gasteiger partial charge in [-0.3, -0.25) is 4.98 Å². The molecule has 0 saturated heterocycles. The standard InChI is InChI=1S/C13H9FN2S/c14-9-1-2-11-12(8-17-13(11)7-9)16-10-3-5-15-6-4-10/h1-8H,(H,15,16). The first-order chi connectivity index (χ1) is 8.33. The van der Waals surface area contributed by atoms with E-state index in [1.165, 1.54) is 17.4 Å². The van der Waals surface area contributed by atoms with Crippen molar-refractivity contribution in [3.63, 3.8) is 0 Å². The van der Waals surface area contributed by atoms with Crippen molar-refractivity contribution in [1.29, 1.82) is 0 Å². The fraction of sp³-hybridized carbons (Fsp3) is 0. The number of benzene rings is 1. The third-order valence-electron chi connectivity index (χ3n) is 2.50. The molecule has 0 aliphatic carbocycles. The predicted octanol–water partition coefficient (Wildman–Crippen LogP) is 4.18. The van der Waals surface area contributed by atoms with E-state index in [0.717, 1.165) is 21.5 Å². The molecule has 84 valence electrons. The van der Waals surface area contributed by atoms with Crippen LogP contribution >= 0.6 is 11.3 Å². The Morgan fingerprint density at radius 1 is 1.12 bits per heavy atom. The van der Waals surface area contributed by atoms with Crippen LogP contribution in [0.5, 0.6) is 0 Å². The van der Waals surface area contributed by atoms with Crippen LogP contribution in [0.15, 0.2) is 48.1 Å². The average molecular weight is 244 g/mol. The van der Waals surface area contributed by atoms with Crippen molar-refractivity contribution in [3.05, 3.63) is 53.9 Å². The molecule has 0 bridgehead atoms. The van der Waals surface area contributed by atoms with Crippen molar-refractivity contribution in [2.24, 2.45) is 0 Å². The van der Waals surface area contributed by atoms with Crippen LogP contribution in [-0.4, -0.2) is 4.98 Å². The SMILES string of the molecule is Fc1ccc2c(Nc3ccncc3)csc2c1. The van der Waals surface area contributed by atoms with Gasteiger partial charge in [0.2, 0.25) is 0 Å². The van der Waals surface area contributed by atoms with Gasteiger partial charge >= 0.3 is 0 Å². The Morgan fingerprint density at radius 2 is 1.94 bits per heavy atom. The third kappa shape index (κ3) is 1.99. The lowest BCUT2D eigenvalue weighted by atomic mass is 10.2. The zero-order chi connectivity index (χ0) is 11.7. The normalized spacial score (nSPS) is 10.6. The van der Waals surface area contributed by atoms with E-state index in [9.17, 15) is 4.39 Å². The number of hydrogen-bond donors (Lipinski definition) is 1. The summed E-state index contributed by atoms with van der Waals surface area (Å²) in [6.07, 6.45) is 3.47. The van der Waals surface area contributed by atoms with Crippen molar-refractivity contribution in [3.8, 4) is 0 Å². The van der Waals surface area contributed by atoms with Gasteiger partial charge in [0.05, 0.1) is 5.69 Å². The number of halogens is 1. The molecule has 0 radical (unpaired) electrons. The Labute approximate surface area is 102 Å². The Morgan fingerprint density at radius 3 is 2.76 bits per heavy atom. The highest BCUT2D eigenvalue weighted by atomic mass is 32.1. The highest BCUT2D eigenvalue weighted by Crippen LogP contribution is 2.32. The van der Waals surface area contributed by atoms with Crippen molar-refractivity contribution < 1.29 is 4.39 Å². The van der Waals surface area contributed by atoms with Crippen LogP contribution in [0, 0.1) is 5.82 Å². The number of nitrogens with zero attached hydrogens (tertiary/aromatic N) is 1. The summed E-state index contributed by atoms with van der Waals surface area (Å²) < 4.78 is 14.0. The summed E-state index contributed by atoms with van der Waals surface area (Å²) in [7, 11) is 0. The lowest BCUT2D eigenvalue weighted by molar-refractivity contribution is 0.630. The van der Waals surface area contributed by atoms with Gasteiger partial charge in [0.15, 0.2) is 0 Å². The summed E-state index contributed by atoms with van der Waals surface area (Å²) in [6.45, 7) is 0. The van der Waals surface area contributed by atoms with Crippen molar-refractivity contribution in [1.82, 2.24) is 4.98 Å². The van der Waals surface area contributed by atoms with Crippen molar-refractivity contribution >= 4 is 32.8 Å². The highest BCUT2D eigenvalue weighted by molar-refractivity contribution is 7.17. The monoisotopic (exact) mass is 244 g/mol. The Kier molecular flexibility index (Phi) is 2.49. The van der Waals surface area contributed by atoms with Gasteiger partial charge in [-0.15, -0.1) is 11.3 Å². The molecule has 2 aromatic heterocycles. The van der Waals surface area contributed by atoms with Crippen LogP contribution in [0.1, 0.15) is 0 Å². The van der Waals surface area contributed by atoms with Crippen LogP contribution in [0.4, 0.5) is 15.8 Å². The van der Waals surface area contributed by atoms with E-state index in [-0.39, 0.29) is 5.82 Å². The summed E-state index contributed by atoms with van der Waals surface area (Å²) in [5, 5.41) is 6.32. The number of thiophene rings is 1. The second kappa shape index (κ2) is 4.14. The summed E-state index contributed by atoms with van der Waals surface area (Å²) in [4.78, 5) is 3.96. The number of hydrogen-bond acceptors (Lipinski definition) is 3. The molecule has 0 unspecified atom stereocenters. The molecule has 17 heavy (non-hydrogen) atoms. The summed E-state index contributed by atoms with van der Waals surface area (Å²) in [5.41, 5.74) is 1.97. The first kappa shape index (κ1) is 10.2. The van der Waals surface area contributed by atoms with Gasteiger partial charge in [-0.05, 0) is 30.3 Å². The maximum Gasteiger partial charge on any atom is 0.124 e. The zero-order valence-electron chi connectivity index (χ0n) is 8.85. The van der Waals surface area contributed by atoms with Gasteiger partial charge in [-0.2, -0.15) is 0 Å². The van der Waals surface area contributed by atoms with E-state index < -0.39 is 0 Å². The summed E-state index contributed by atoms with van der Waals surface area (Å²) in [6, 6.07) is 8.62. The fourth-order valence-electron chi connectivity index (χ4n) is 1.69. The second-order valence-corrected chi connectivity index (χ2v) is 4.56. The first-order valence-electron chi connectivity index (χ1n) is 5.17. The average Bonchev–Trinajstić information content (AvgIpc) is 2.73. The quantitative estimate of drug-likeness (QED) is 0.731. The molecule has 1 N–H and O–H groups in total. The molecule has 0 atom stereocenters. The van der Waals surface area contributed by atoms with E-state index in [1.54, 1.807) is 24.5 Å². The molecule has 0 amide bonds. The van der Waals surface area contributed by atoms with Crippen molar-refractivity contribution in [2.45, 2.75) is 0 Å². The number of aromatic nitrogens is 1. The Hall–Kier alpha value is -1.94. The molecule has 0 aliphatic heterocycles. The minimum Gasteiger partial charge on any atom is -0.354 e. The minimum absolute atomic E-state index is 0.199. The van der Waals surface area contributed by atoms with E-state index >= 15 is 0 Å². The van der Waals surface area contributed by atoms with Crippen LogP contribution in [0.2, 0.25) is 0 Å². The number of nitrogens with one attached hydrogen (secondary N) is 1. The molecule has 2 nitrogen and oxygen atoms in total. The van der Waals surface area contributed by atoms with E-state index in [4.69, 9.17) is 0 Å². The third-order valence-corrected chi connectivity index (χ3v) is 3.44. The van der Waals surface area contributed by atoms with Gasteiger partial charge in [0.1, 0.15) is 5.82 Å². The van der Waals surface area contributed by atoms with Gasteiger partial charge in [-0.1, -0.05) is 0 Å². The molecule has 0 aliphatic rings. The van der Waals surface area contributed by atoms with Gasteiger partial charge in [-0.25, -0.2) is 4.39 Å². The molecule has 0 fully saturated rings. The van der Waals surface area contributed by atoms with Crippen LogP contribution in [0.3, 0.4) is 0 Å². The molecule has 3 aromatic rings. The molecule has 3 rings (SSSR count). The fourth-order valence-corrected chi connectivity index (χ4v) is 2.61. The molecule has 0 spiro atoms. The van der Waals surface area contributed by atoms with Crippen LogP contribution < -0.4 is 5.32 Å². The lowest BCUT2D eigenvalue weighted by Crippen LogP contribution is -1.88. The second-order valence-electron chi connectivity index (χ2n) is 3.65. The van der Waals surface area contributed by atoms with E-state index in [0.29, 0.717) is 0 Å². The molecule has 0 saturated carbocycles. The van der Waals surface area contributed by atoms with Gasteiger partial charge < -0.3 is 5.32 Å². The first-order valence-corrected chi connectivity index (χ1v) is 6.05. The smallest absolute Gasteiger partial charge is 0.124 e. The summed E-state index contributed by atoms with van der Waals surface area (Å²) >= 11 is 1.53. The highest BCUT2D eigenvalue weighted by Gasteiger charge is 2.04. The molecule has 1 aromatic carbocycles. The Balaban J connectivity index is 2.01. The molecular formula is C13H9FN2S. The number of rotatable bonds is 2. The van der Waals surface area contributed by atoms with E-state index in [2.05, 4.69) is 10.3 Å². The number of fused-ring (bicyclic) bond motifs is 1. The van der Waals surface area contributed by atoms with Crippen molar-refractivity contribution in [2.75, 3.05) is 5.32 Å². The number of anilines is 2. The van der Waals surface area contributed by atoms with Crippen LogP contribution in [-0.2, 0) is 0 Å². The minimum atomic E-state index is -0.199. The zero-order valence-corrected chi connectivity index (χ0v) is 9.67. The predicted molar refractivity (Wildman–Crippen MR) is 69.3 cm³/mol. The van der Waals surface area contributed by atoms with Gasteiger partial charge in [0, 0.05) is 33.5 Å². The number of pyridine rings is 1. The van der Waals surface area contributed by atoms with Gasteiger partial charge in [0.25, 0.3) is 0 Å². The Bertz CT molecular complexity index is 649. The van der Waals surface area contributed by atoms with Crippen LogP contribution in [0.25, 0.3) is 10.1 Å². The maximum atomic E-state index is 13.1. The molecule has 4 heteroatoms.